The van der Waals surface area contributed by atoms with Gasteiger partial charge in [0, 0.05) is 34.2 Å². The highest BCUT2D eigenvalue weighted by Gasteiger charge is 2.32. The zero-order valence-corrected chi connectivity index (χ0v) is 23.6. The van der Waals surface area contributed by atoms with E-state index in [2.05, 4.69) is 5.32 Å². The van der Waals surface area contributed by atoms with Gasteiger partial charge >= 0.3 is 5.69 Å². The van der Waals surface area contributed by atoms with E-state index in [9.17, 15) is 23.6 Å². The lowest BCUT2D eigenvalue weighted by Crippen LogP contribution is -2.41. The highest BCUT2D eigenvalue weighted by molar-refractivity contribution is 14.1. The highest BCUT2D eigenvalue weighted by Crippen LogP contribution is 2.35. The van der Waals surface area contributed by atoms with E-state index in [0.717, 1.165) is 12.8 Å². The van der Waals surface area contributed by atoms with Crippen molar-refractivity contribution in [2.45, 2.75) is 45.1 Å². The molecule has 200 valence electrons. The predicted octanol–water partition coefficient (Wildman–Crippen LogP) is 4.96. The van der Waals surface area contributed by atoms with Crippen molar-refractivity contribution in [1.82, 2.24) is 13.7 Å². The molecule has 10 heteroatoms. The first-order chi connectivity index (χ1) is 18.7. The van der Waals surface area contributed by atoms with Gasteiger partial charge in [-0.25, -0.2) is 9.18 Å². The molecular formula is C29H26FIN4O4. The Morgan fingerprint density at radius 1 is 1.05 bits per heavy atom. The van der Waals surface area contributed by atoms with Gasteiger partial charge in [-0.05, 0) is 91.4 Å². The molecule has 0 amide bonds. The number of benzene rings is 2. The summed E-state index contributed by atoms with van der Waals surface area (Å²) in [5, 5.41) is 3.07. The lowest BCUT2D eigenvalue weighted by Gasteiger charge is -2.21. The Bertz CT molecular complexity index is 1860. The fraction of sp³-hybridized carbons (Fsp3) is 0.310. The highest BCUT2D eigenvalue weighted by atomic mass is 127. The molecule has 6 rings (SSSR count). The van der Waals surface area contributed by atoms with Crippen LogP contribution in [-0.2, 0) is 7.05 Å². The summed E-state index contributed by atoms with van der Waals surface area (Å²) in [6.45, 7) is 1.57. The van der Waals surface area contributed by atoms with Crippen molar-refractivity contribution in [3.63, 3.8) is 0 Å². The summed E-state index contributed by atoms with van der Waals surface area (Å²) in [7, 11) is 1.51. The van der Waals surface area contributed by atoms with Crippen LogP contribution in [0.25, 0.3) is 16.6 Å². The van der Waals surface area contributed by atoms with Crippen molar-refractivity contribution in [2.75, 3.05) is 5.32 Å². The van der Waals surface area contributed by atoms with E-state index in [1.54, 1.807) is 37.3 Å². The van der Waals surface area contributed by atoms with E-state index >= 15 is 0 Å². The fourth-order valence-corrected chi connectivity index (χ4v) is 5.55. The molecule has 2 heterocycles. The van der Waals surface area contributed by atoms with Gasteiger partial charge in [-0.15, -0.1) is 0 Å². The average Bonchev–Trinajstić information content (AvgIpc) is 3.83. The Balaban J connectivity index is 1.66. The van der Waals surface area contributed by atoms with Crippen molar-refractivity contribution >= 4 is 50.8 Å². The first-order valence-corrected chi connectivity index (χ1v) is 14.0. The quantitative estimate of drug-likeness (QED) is 0.228. The van der Waals surface area contributed by atoms with Crippen LogP contribution in [-0.4, -0.2) is 19.5 Å². The molecule has 2 fully saturated rings. The SMILES string of the molecule is Cc1c(=O)n(C)c(Nc2ccc(I)cc2F)c2c(=O)n(C3CC3)c(=O)n(-c3cccc(C(=O)CC4CC4)c3)c12. The van der Waals surface area contributed by atoms with E-state index in [1.807, 2.05) is 22.6 Å². The number of rotatable bonds is 7. The summed E-state index contributed by atoms with van der Waals surface area (Å²) in [5.74, 6) is -0.0472. The number of carbonyl (C=O) groups is 1. The first-order valence-electron chi connectivity index (χ1n) is 12.9. The minimum atomic E-state index is -0.565. The van der Waals surface area contributed by atoms with Gasteiger partial charge in [0.2, 0.25) is 0 Å². The molecule has 0 aliphatic heterocycles. The molecule has 2 aromatic carbocycles. The van der Waals surface area contributed by atoms with Gasteiger partial charge in [0.05, 0.1) is 16.9 Å². The molecule has 4 aromatic rings. The maximum atomic E-state index is 14.9. The molecule has 2 aliphatic rings. The summed E-state index contributed by atoms with van der Waals surface area (Å²) in [4.78, 5) is 54.2. The number of carbonyl (C=O) groups excluding carboxylic acids is 1. The summed E-state index contributed by atoms with van der Waals surface area (Å²) in [6.07, 6.45) is 3.90. The molecule has 0 bridgehead atoms. The molecule has 0 saturated heterocycles. The summed E-state index contributed by atoms with van der Waals surface area (Å²) >= 11 is 2.00. The predicted molar refractivity (Wildman–Crippen MR) is 156 cm³/mol. The van der Waals surface area contributed by atoms with Crippen LogP contribution in [0.5, 0.6) is 0 Å². The van der Waals surface area contributed by atoms with Gasteiger partial charge in [-0.3, -0.25) is 28.1 Å². The smallest absolute Gasteiger partial charge is 0.336 e. The van der Waals surface area contributed by atoms with Gasteiger partial charge in [-0.2, -0.15) is 0 Å². The number of nitrogens with zero attached hydrogens (tertiary/aromatic N) is 3. The third-order valence-electron chi connectivity index (χ3n) is 7.54. The second-order valence-corrected chi connectivity index (χ2v) is 11.7. The zero-order chi connectivity index (χ0) is 27.6. The molecule has 0 atom stereocenters. The van der Waals surface area contributed by atoms with E-state index in [4.69, 9.17) is 0 Å². The van der Waals surface area contributed by atoms with Gasteiger partial charge < -0.3 is 5.32 Å². The number of fused-ring (bicyclic) bond motifs is 1. The summed E-state index contributed by atoms with van der Waals surface area (Å²) in [5.41, 5.74) is -0.232. The number of hydrogen-bond donors (Lipinski definition) is 1. The Morgan fingerprint density at radius 2 is 1.79 bits per heavy atom. The third-order valence-corrected chi connectivity index (χ3v) is 8.21. The van der Waals surface area contributed by atoms with E-state index < -0.39 is 22.6 Å². The molecular weight excluding hydrogens is 614 g/mol. The first kappa shape index (κ1) is 25.7. The lowest BCUT2D eigenvalue weighted by atomic mass is 10.0. The minimum absolute atomic E-state index is 0.00334. The van der Waals surface area contributed by atoms with Crippen molar-refractivity contribution < 1.29 is 9.18 Å². The molecule has 2 saturated carbocycles. The molecule has 8 nitrogen and oxygen atoms in total. The largest absolute Gasteiger partial charge is 0.338 e. The number of nitrogens with one attached hydrogen (secondary N) is 1. The number of Topliss-reactive ketones (excluding diaryl/α,β-unsaturated/α-hetero) is 1. The summed E-state index contributed by atoms with van der Waals surface area (Å²) < 4.78 is 19.4. The van der Waals surface area contributed by atoms with Crippen molar-refractivity contribution in [3.05, 3.63) is 94.2 Å². The molecule has 1 N–H and O–H groups in total. The van der Waals surface area contributed by atoms with E-state index in [-0.39, 0.29) is 39.8 Å². The number of ketones is 1. The molecule has 2 aromatic heterocycles. The minimum Gasteiger partial charge on any atom is -0.338 e. The third kappa shape index (κ3) is 4.54. The van der Waals surface area contributed by atoms with Crippen LogP contribution in [0.1, 0.15) is 54.1 Å². The topological polar surface area (TPSA) is 95.1 Å². The molecule has 0 spiro atoms. The van der Waals surface area contributed by atoms with Crippen LogP contribution >= 0.6 is 22.6 Å². The molecule has 0 radical (unpaired) electrons. The van der Waals surface area contributed by atoms with E-state index in [0.29, 0.717) is 40.0 Å². The van der Waals surface area contributed by atoms with Crippen LogP contribution in [0.4, 0.5) is 15.9 Å². The fourth-order valence-electron chi connectivity index (χ4n) is 5.09. The number of hydrogen-bond acceptors (Lipinski definition) is 5. The number of aryl methyl sites for hydroxylation is 1. The van der Waals surface area contributed by atoms with Crippen molar-refractivity contribution in [2.24, 2.45) is 13.0 Å². The standard InChI is InChI=1S/C29H26FIN4O4/c1-15-25-24(26(33(2)27(15)37)32-22-11-8-18(31)14-21(22)30)28(38)35(19-9-10-19)29(39)34(25)20-5-3-4-17(13-20)23(36)12-16-6-7-16/h3-5,8,11,13-14,16,19,32H,6-7,9-10,12H2,1-2H3. The monoisotopic (exact) mass is 640 g/mol. The van der Waals surface area contributed by atoms with Crippen LogP contribution in [0.2, 0.25) is 0 Å². The number of halogens is 2. The molecule has 2 aliphatic carbocycles. The Hall–Kier alpha value is -3.54. The van der Waals surface area contributed by atoms with Crippen LogP contribution < -0.4 is 22.1 Å². The zero-order valence-electron chi connectivity index (χ0n) is 21.5. The number of anilines is 2. The number of pyridine rings is 1. The Morgan fingerprint density at radius 3 is 2.46 bits per heavy atom. The van der Waals surface area contributed by atoms with Gasteiger partial charge in [0.15, 0.2) is 5.78 Å². The normalized spacial score (nSPS) is 15.1. The second-order valence-electron chi connectivity index (χ2n) is 10.5. The Labute approximate surface area is 236 Å². The lowest BCUT2D eigenvalue weighted by molar-refractivity contribution is 0.0976. The van der Waals surface area contributed by atoms with Crippen LogP contribution in [0.3, 0.4) is 0 Å². The van der Waals surface area contributed by atoms with Gasteiger partial charge in [0.25, 0.3) is 11.1 Å². The summed E-state index contributed by atoms with van der Waals surface area (Å²) in [6, 6.07) is 11.1. The number of aromatic nitrogens is 3. The van der Waals surface area contributed by atoms with E-state index in [1.165, 1.54) is 32.9 Å². The Kier molecular flexibility index (Phi) is 6.32. The molecule has 0 unspecified atom stereocenters. The van der Waals surface area contributed by atoms with Crippen LogP contribution in [0, 0.1) is 22.2 Å². The maximum absolute atomic E-state index is 14.9. The van der Waals surface area contributed by atoms with Gasteiger partial charge in [-0.1, -0.05) is 12.1 Å². The average molecular weight is 640 g/mol. The van der Waals surface area contributed by atoms with Crippen LogP contribution in [0.15, 0.2) is 56.8 Å². The maximum Gasteiger partial charge on any atom is 0.336 e. The molecule has 39 heavy (non-hydrogen) atoms. The van der Waals surface area contributed by atoms with Crippen molar-refractivity contribution in [3.8, 4) is 5.69 Å². The van der Waals surface area contributed by atoms with Gasteiger partial charge in [0.1, 0.15) is 17.0 Å². The second kappa shape index (κ2) is 9.58. The van der Waals surface area contributed by atoms with Crippen molar-refractivity contribution in [1.29, 1.82) is 0 Å².